The first-order valence-corrected chi connectivity index (χ1v) is 5.94. The zero-order valence-corrected chi connectivity index (χ0v) is 9.98. The standard InChI is InChI=1S/C13H18N2O2/c1-9(8-14)13(16)15-11-6-7-17-12-5-3-2-4-10(11)12/h2-5,9,11H,6-8,14H2,1H3,(H,15,16). The highest BCUT2D eigenvalue weighted by Gasteiger charge is 2.23. The van der Waals surface area contributed by atoms with Gasteiger partial charge in [0.25, 0.3) is 0 Å². The largest absolute Gasteiger partial charge is 0.493 e. The first-order valence-electron chi connectivity index (χ1n) is 5.94. The van der Waals surface area contributed by atoms with Crippen molar-refractivity contribution in [3.05, 3.63) is 29.8 Å². The molecule has 0 saturated heterocycles. The zero-order chi connectivity index (χ0) is 12.3. The summed E-state index contributed by atoms with van der Waals surface area (Å²) < 4.78 is 5.55. The fourth-order valence-electron chi connectivity index (χ4n) is 1.91. The Hall–Kier alpha value is -1.55. The van der Waals surface area contributed by atoms with E-state index in [0.29, 0.717) is 13.2 Å². The highest BCUT2D eigenvalue weighted by molar-refractivity contribution is 5.79. The van der Waals surface area contributed by atoms with E-state index in [1.807, 2.05) is 31.2 Å². The molecule has 0 radical (unpaired) electrons. The van der Waals surface area contributed by atoms with Crippen molar-refractivity contribution in [1.82, 2.24) is 5.32 Å². The van der Waals surface area contributed by atoms with E-state index in [-0.39, 0.29) is 17.9 Å². The van der Waals surface area contributed by atoms with E-state index in [9.17, 15) is 4.79 Å². The summed E-state index contributed by atoms with van der Waals surface area (Å²) in [7, 11) is 0. The van der Waals surface area contributed by atoms with Gasteiger partial charge in [0.05, 0.1) is 12.6 Å². The van der Waals surface area contributed by atoms with Gasteiger partial charge in [-0.25, -0.2) is 0 Å². The maximum absolute atomic E-state index is 11.8. The van der Waals surface area contributed by atoms with Gasteiger partial charge < -0.3 is 15.8 Å². The number of hydrogen-bond acceptors (Lipinski definition) is 3. The molecule has 0 bridgehead atoms. The number of ether oxygens (including phenoxy) is 1. The Balaban J connectivity index is 2.11. The fourth-order valence-corrected chi connectivity index (χ4v) is 1.91. The molecule has 4 heteroatoms. The van der Waals surface area contributed by atoms with Crippen molar-refractivity contribution in [2.24, 2.45) is 11.7 Å². The molecule has 3 N–H and O–H groups in total. The molecule has 4 nitrogen and oxygen atoms in total. The summed E-state index contributed by atoms with van der Waals surface area (Å²) in [4.78, 5) is 11.8. The number of nitrogens with one attached hydrogen (secondary N) is 1. The lowest BCUT2D eigenvalue weighted by Gasteiger charge is -2.27. The quantitative estimate of drug-likeness (QED) is 0.826. The summed E-state index contributed by atoms with van der Waals surface area (Å²) in [5.74, 6) is 0.726. The van der Waals surface area contributed by atoms with Gasteiger partial charge in [0.15, 0.2) is 0 Å². The van der Waals surface area contributed by atoms with Crippen LogP contribution in [0.25, 0.3) is 0 Å². The summed E-state index contributed by atoms with van der Waals surface area (Å²) in [6.45, 7) is 2.84. The third-order valence-corrected chi connectivity index (χ3v) is 3.08. The second-order valence-corrected chi connectivity index (χ2v) is 4.37. The number of nitrogens with two attached hydrogens (primary N) is 1. The van der Waals surface area contributed by atoms with Crippen LogP contribution in [0.15, 0.2) is 24.3 Å². The average Bonchev–Trinajstić information content (AvgIpc) is 2.38. The smallest absolute Gasteiger partial charge is 0.224 e. The molecule has 0 saturated carbocycles. The van der Waals surface area contributed by atoms with Gasteiger partial charge in [-0.2, -0.15) is 0 Å². The molecule has 92 valence electrons. The molecule has 0 aromatic heterocycles. The van der Waals surface area contributed by atoms with Crippen molar-refractivity contribution in [3.63, 3.8) is 0 Å². The van der Waals surface area contributed by atoms with Crippen molar-refractivity contribution in [1.29, 1.82) is 0 Å². The minimum Gasteiger partial charge on any atom is -0.493 e. The molecule has 0 fully saturated rings. The predicted octanol–water partition coefficient (Wildman–Crippen LogP) is 1.22. The Labute approximate surface area is 101 Å². The Morgan fingerprint density at radius 1 is 1.59 bits per heavy atom. The molecule has 17 heavy (non-hydrogen) atoms. The van der Waals surface area contributed by atoms with Gasteiger partial charge in [0, 0.05) is 24.4 Å². The number of hydrogen-bond donors (Lipinski definition) is 2. The summed E-state index contributed by atoms with van der Waals surface area (Å²) in [6.07, 6.45) is 0.806. The van der Waals surface area contributed by atoms with Crippen LogP contribution >= 0.6 is 0 Å². The number of para-hydroxylation sites is 1. The van der Waals surface area contributed by atoms with Crippen LogP contribution < -0.4 is 15.8 Å². The number of benzene rings is 1. The lowest BCUT2D eigenvalue weighted by Crippen LogP contribution is -2.37. The SMILES string of the molecule is CC(CN)C(=O)NC1CCOc2ccccc21. The molecule has 0 spiro atoms. The zero-order valence-electron chi connectivity index (χ0n) is 9.98. The van der Waals surface area contributed by atoms with Crippen LogP contribution in [0.2, 0.25) is 0 Å². The molecular formula is C13H18N2O2. The van der Waals surface area contributed by atoms with Gasteiger partial charge in [-0.1, -0.05) is 25.1 Å². The number of rotatable bonds is 3. The molecule has 1 heterocycles. The van der Waals surface area contributed by atoms with Crippen LogP contribution in [0.5, 0.6) is 5.75 Å². The number of carbonyl (C=O) groups excluding carboxylic acids is 1. The van der Waals surface area contributed by atoms with Crippen LogP contribution in [0.1, 0.15) is 24.9 Å². The van der Waals surface area contributed by atoms with Crippen LogP contribution in [0.3, 0.4) is 0 Å². The average molecular weight is 234 g/mol. The summed E-state index contributed by atoms with van der Waals surface area (Å²) in [5, 5.41) is 3.03. The fraction of sp³-hybridized carbons (Fsp3) is 0.462. The van der Waals surface area contributed by atoms with Crippen LogP contribution in [-0.4, -0.2) is 19.1 Å². The second kappa shape index (κ2) is 5.19. The summed E-state index contributed by atoms with van der Waals surface area (Å²) in [5.41, 5.74) is 6.54. The molecule has 1 aliphatic heterocycles. The topological polar surface area (TPSA) is 64.4 Å². The first kappa shape index (κ1) is 11.9. The molecule has 2 atom stereocenters. The molecule has 1 amide bonds. The van der Waals surface area contributed by atoms with Crippen LogP contribution in [0, 0.1) is 5.92 Å². The van der Waals surface area contributed by atoms with E-state index in [4.69, 9.17) is 10.5 Å². The van der Waals surface area contributed by atoms with Gasteiger partial charge in [-0.3, -0.25) is 4.79 Å². The van der Waals surface area contributed by atoms with Gasteiger partial charge in [-0.15, -0.1) is 0 Å². The highest BCUT2D eigenvalue weighted by Crippen LogP contribution is 2.31. The predicted molar refractivity (Wildman–Crippen MR) is 65.7 cm³/mol. The Bertz CT molecular complexity index is 406. The monoisotopic (exact) mass is 234 g/mol. The van der Waals surface area contributed by atoms with E-state index < -0.39 is 0 Å². The Morgan fingerprint density at radius 2 is 2.35 bits per heavy atom. The van der Waals surface area contributed by atoms with E-state index in [1.165, 1.54) is 0 Å². The van der Waals surface area contributed by atoms with E-state index in [1.54, 1.807) is 0 Å². The molecular weight excluding hydrogens is 216 g/mol. The molecule has 1 aromatic rings. The number of fused-ring (bicyclic) bond motifs is 1. The van der Waals surface area contributed by atoms with Crippen molar-refractivity contribution in [3.8, 4) is 5.75 Å². The summed E-state index contributed by atoms with van der Waals surface area (Å²) in [6, 6.07) is 7.86. The van der Waals surface area contributed by atoms with Crippen LogP contribution in [0.4, 0.5) is 0 Å². The van der Waals surface area contributed by atoms with Crippen molar-refractivity contribution < 1.29 is 9.53 Å². The lowest BCUT2D eigenvalue weighted by molar-refractivity contribution is -0.125. The molecule has 2 unspecified atom stereocenters. The first-order chi connectivity index (χ1) is 8.22. The van der Waals surface area contributed by atoms with Gasteiger partial charge in [-0.05, 0) is 6.07 Å². The van der Waals surface area contributed by atoms with Gasteiger partial charge in [0.2, 0.25) is 5.91 Å². The molecule has 2 rings (SSSR count). The summed E-state index contributed by atoms with van der Waals surface area (Å²) >= 11 is 0. The second-order valence-electron chi connectivity index (χ2n) is 4.37. The Kier molecular flexibility index (Phi) is 3.64. The van der Waals surface area contributed by atoms with E-state index in [2.05, 4.69) is 5.32 Å². The maximum Gasteiger partial charge on any atom is 0.224 e. The maximum atomic E-state index is 11.8. The molecule has 0 aliphatic carbocycles. The normalized spacial score (nSPS) is 20.0. The van der Waals surface area contributed by atoms with Crippen molar-refractivity contribution in [2.45, 2.75) is 19.4 Å². The third kappa shape index (κ3) is 2.58. The lowest BCUT2D eigenvalue weighted by atomic mass is 9.99. The third-order valence-electron chi connectivity index (χ3n) is 3.08. The minimum absolute atomic E-state index is 0.00852. The van der Waals surface area contributed by atoms with Gasteiger partial charge in [0.1, 0.15) is 5.75 Å². The van der Waals surface area contributed by atoms with E-state index >= 15 is 0 Å². The highest BCUT2D eigenvalue weighted by atomic mass is 16.5. The number of amides is 1. The van der Waals surface area contributed by atoms with Crippen LogP contribution in [-0.2, 0) is 4.79 Å². The molecule has 1 aromatic carbocycles. The molecule has 1 aliphatic rings. The Morgan fingerprint density at radius 3 is 3.12 bits per heavy atom. The number of carbonyl (C=O) groups is 1. The minimum atomic E-state index is -0.148. The van der Waals surface area contributed by atoms with Crippen molar-refractivity contribution in [2.75, 3.05) is 13.2 Å². The van der Waals surface area contributed by atoms with E-state index in [0.717, 1.165) is 17.7 Å². The van der Waals surface area contributed by atoms with Gasteiger partial charge >= 0.3 is 0 Å². The van der Waals surface area contributed by atoms with Crippen molar-refractivity contribution >= 4 is 5.91 Å².